The van der Waals surface area contributed by atoms with Gasteiger partial charge in [0.15, 0.2) is 0 Å². The molecular weight excluding hydrogens is 290 g/mol. The number of amides is 1. The Hall–Kier alpha value is -1.74. The summed E-state index contributed by atoms with van der Waals surface area (Å²) < 4.78 is 0. The van der Waals surface area contributed by atoms with Crippen LogP contribution >= 0.6 is 11.8 Å². The van der Waals surface area contributed by atoms with Gasteiger partial charge in [-0.1, -0.05) is 48.0 Å². The van der Waals surface area contributed by atoms with Gasteiger partial charge in [0.2, 0.25) is 5.91 Å². The van der Waals surface area contributed by atoms with Crippen molar-refractivity contribution >= 4 is 17.7 Å². The quantitative estimate of drug-likeness (QED) is 0.813. The van der Waals surface area contributed by atoms with E-state index in [9.17, 15) is 4.79 Å². The molecule has 3 heteroatoms. The number of hydrogen-bond acceptors (Lipinski definition) is 2. The molecule has 0 saturated carbocycles. The van der Waals surface area contributed by atoms with Crippen molar-refractivity contribution in [3.8, 4) is 0 Å². The summed E-state index contributed by atoms with van der Waals surface area (Å²) in [7, 11) is 0. The number of hydrogen-bond donors (Lipinski definition) is 1. The van der Waals surface area contributed by atoms with E-state index in [1.807, 2.05) is 44.2 Å². The molecule has 1 N–H and O–H groups in total. The van der Waals surface area contributed by atoms with Crippen molar-refractivity contribution in [2.45, 2.75) is 43.9 Å². The largest absolute Gasteiger partial charge is 0.349 e. The monoisotopic (exact) mass is 313 g/mol. The Morgan fingerprint density at radius 2 is 1.73 bits per heavy atom. The van der Waals surface area contributed by atoms with E-state index in [2.05, 4.69) is 37.4 Å². The lowest BCUT2D eigenvalue weighted by atomic mass is 10.1. The number of benzene rings is 2. The maximum atomic E-state index is 12.4. The summed E-state index contributed by atoms with van der Waals surface area (Å²) in [6.07, 6.45) is 0. The van der Waals surface area contributed by atoms with E-state index in [4.69, 9.17) is 0 Å². The van der Waals surface area contributed by atoms with Gasteiger partial charge in [0.05, 0.1) is 11.3 Å². The van der Waals surface area contributed by atoms with Crippen LogP contribution in [-0.4, -0.2) is 11.2 Å². The molecule has 2 unspecified atom stereocenters. The van der Waals surface area contributed by atoms with E-state index in [-0.39, 0.29) is 17.2 Å². The van der Waals surface area contributed by atoms with Gasteiger partial charge in [0, 0.05) is 4.90 Å². The van der Waals surface area contributed by atoms with Crippen LogP contribution in [0.3, 0.4) is 0 Å². The molecular formula is C19H23NOS. The van der Waals surface area contributed by atoms with Crippen LogP contribution in [0.4, 0.5) is 0 Å². The molecule has 2 aromatic carbocycles. The number of aryl methyl sites for hydroxylation is 2. The van der Waals surface area contributed by atoms with Gasteiger partial charge >= 0.3 is 0 Å². The Balaban J connectivity index is 1.99. The number of carbonyl (C=O) groups excluding carboxylic acids is 1. The van der Waals surface area contributed by atoms with E-state index in [1.165, 1.54) is 16.0 Å². The molecule has 0 heterocycles. The lowest BCUT2D eigenvalue weighted by molar-refractivity contribution is -0.120. The van der Waals surface area contributed by atoms with Crippen molar-refractivity contribution < 1.29 is 4.79 Å². The molecule has 0 aromatic heterocycles. The third-order valence-corrected chi connectivity index (χ3v) is 4.94. The van der Waals surface area contributed by atoms with Gasteiger partial charge in [-0.15, -0.1) is 11.8 Å². The molecule has 1 amide bonds. The summed E-state index contributed by atoms with van der Waals surface area (Å²) >= 11 is 1.62. The minimum atomic E-state index is -0.119. The van der Waals surface area contributed by atoms with E-state index >= 15 is 0 Å². The zero-order valence-corrected chi connectivity index (χ0v) is 14.4. The summed E-state index contributed by atoms with van der Waals surface area (Å²) in [6, 6.07) is 16.4. The van der Waals surface area contributed by atoms with E-state index in [1.54, 1.807) is 11.8 Å². The average molecular weight is 313 g/mol. The second kappa shape index (κ2) is 7.50. The number of thioether (sulfide) groups is 1. The first kappa shape index (κ1) is 16.6. The lowest BCUT2D eigenvalue weighted by Crippen LogP contribution is -2.33. The van der Waals surface area contributed by atoms with Gasteiger partial charge in [-0.2, -0.15) is 0 Å². The Labute approximate surface area is 137 Å². The zero-order chi connectivity index (χ0) is 16.1. The van der Waals surface area contributed by atoms with Crippen LogP contribution < -0.4 is 5.32 Å². The molecule has 2 aromatic rings. The summed E-state index contributed by atoms with van der Waals surface area (Å²) in [5.74, 6) is 0.0715. The smallest absolute Gasteiger partial charge is 0.233 e. The van der Waals surface area contributed by atoms with Crippen LogP contribution in [0.25, 0.3) is 0 Å². The van der Waals surface area contributed by atoms with Gasteiger partial charge in [-0.3, -0.25) is 4.79 Å². The first-order chi connectivity index (χ1) is 10.5. The molecule has 0 fully saturated rings. The van der Waals surface area contributed by atoms with E-state index in [0.29, 0.717) is 0 Å². The van der Waals surface area contributed by atoms with Crippen LogP contribution in [0.5, 0.6) is 0 Å². The van der Waals surface area contributed by atoms with Gasteiger partial charge in [0.25, 0.3) is 0 Å². The fourth-order valence-electron chi connectivity index (χ4n) is 2.23. The summed E-state index contributed by atoms with van der Waals surface area (Å²) in [5, 5.41) is 2.97. The molecule has 0 aliphatic heterocycles. The third-order valence-electron chi connectivity index (χ3n) is 3.67. The Kier molecular flexibility index (Phi) is 5.67. The molecule has 116 valence electrons. The van der Waals surface area contributed by atoms with E-state index < -0.39 is 0 Å². The second-order valence-corrected chi connectivity index (χ2v) is 7.05. The van der Waals surface area contributed by atoms with Crippen molar-refractivity contribution in [3.05, 3.63) is 65.2 Å². The molecule has 2 nitrogen and oxygen atoms in total. The van der Waals surface area contributed by atoms with Crippen molar-refractivity contribution in [2.75, 3.05) is 0 Å². The fourth-order valence-corrected chi connectivity index (χ4v) is 3.30. The van der Waals surface area contributed by atoms with E-state index in [0.717, 1.165) is 5.56 Å². The highest BCUT2D eigenvalue weighted by molar-refractivity contribution is 8.00. The number of rotatable bonds is 5. The highest BCUT2D eigenvalue weighted by Crippen LogP contribution is 2.28. The first-order valence-electron chi connectivity index (χ1n) is 7.56. The van der Waals surface area contributed by atoms with Crippen molar-refractivity contribution in [1.29, 1.82) is 0 Å². The molecule has 0 radical (unpaired) electrons. The van der Waals surface area contributed by atoms with Crippen LogP contribution in [-0.2, 0) is 4.79 Å². The summed E-state index contributed by atoms with van der Waals surface area (Å²) in [4.78, 5) is 13.6. The predicted octanol–water partition coefficient (Wildman–Crippen LogP) is 4.66. The zero-order valence-electron chi connectivity index (χ0n) is 13.6. The third kappa shape index (κ3) is 4.38. The summed E-state index contributed by atoms with van der Waals surface area (Å²) in [6.45, 7) is 8.13. The highest BCUT2D eigenvalue weighted by atomic mass is 32.2. The molecule has 0 bridgehead atoms. The SMILES string of the molecule is Cc1ccc(C)c(SC(C)C(=O)NC(C)c2ccccc2)c1. The van der Waals surface area contributed by atoms with Crippen molar-refractivity contribution in [2.24, 2.45) is 0 Å². The van der Waals surface area contributed by atoms with Gasteiger partial charge in [-0.25, -0.2) is 0 Å². The molecule has 2 atom stereocenters. The van der Waals surface area contributed by atoms with Gasteiger partial charge in [-0.05, 0) is 44.9 Å². The first-order valence-corrected chi connectivity index (χ1v) is 8.44. The molecule has 2 rings (SSSR count). The standard InChI is InChI=1S/C19H23NOS/c1-13-10-11-14(2)18(12-13)22-16(4)19(21)20-15(3)17-8-6-5-7-9-17/h5-12,15-16H,1-4H3,(H,20,21). The Bertz CT molecular complexity index is 639. The van der Waals surface area contributed by atoms with Crippen LogP contribution in [0.15, 0.2) is 53.4 Å². The van der Waals surface area contributed by atoms with Gasteiger partial charge < -0.3 is 5.32 Å². The molecule has 0 saturated heterocycles. The number of carbonyl (C=O) groups is 1. The molecule has 0 aliphatic rings. The Morgan fingerprint density at radius 1 is 1.05 bits per heavy atom. The maximum absolute atomic E-state index is 12.4. The lowest BCUT2D eigenvalue weighted by Gasteiger charge is -2.18. The maximum Gasteiger partial charge on any atom is 0.233 e. The minimum Gasteiger partial charge on any atom is -0.349 e. The minimum absolute atomic E-state index is 0.0235. The second-order valence-electron chi connectivity index (χ2n) is 5.67. The molecule has 0 spiro atoms. The average Bonchev–Trinajstić information content (AvgIpc) is 2.51. The van der Waals surface area contributed by atoms with Crippen molar-refractivity contribution in [1.82, 2.24) is 5.32 Å². The predicted molar refractivity (Wildman–Crippen MR) is 94.2 cm³/mol. The van der Waals surface area contributed by atoms with Gasteiger partial charge in [0.1, 0.15) is 0 Å². The Morgan fingerprint density at radius 3 is 2.41 bits per heavy atom. The normalized spacial score (nSPS) is 13.5. The van der Waals surface area contributed by atoms with Crippen LogP contribution in [0.1, 0.15) is 36.6 Å². The topological polar surface area (TPSA) is 29.1 Å². The van der Waals surface area contributed by atoms with Crippen LogP contribution in [0, 0.1) is 13.8 Å². The molecule has 22 heavy (non-hydrogen) atoms. The van der Waals surface area contributed by atoms with Crippen LogP contribution in [0.2, 0.25) is 0 Å². The van der Waals surface area contributed by atoms with Crippen molar-refractivity contribution in [3.63, 3.8) is 0 Å². The summed E-state index contributed by atoms with van der Waals surface area (Å²) in [5.41, 5.74) is 3.56. The highest BCUT2D eigenvalue weighted by Gasteiger charge is 2.18. The molecule has 0 aliphatic carbocycles. The number of nitrogens with one attached hydrogen (secondary N) is 1. The fraction of sp³-hybridized carbons (Fsp3) is 0.316.